The molecule has 0 saturated carbocycles. The van der Waals surface area contributed by atoms with Crippen LogP contribution in [0.5, 0.6) is 5.75 Å². The fraction of sp³-hybridized carbons (Fsp3) is 0.182. The van der Waals surface area contributed by atoms with Crippen LogP contribution < -0.4 is 4.90 Å². The number of nitrogens with one attached hydrogen (secondary N) is 1. The number of rotatable bonds is 5. The van der Waals surface area contributed by atoms with Crippen LogP contribution >= 0.6 is 0 Å². The van der Waals surface area contributed by atoms with Crippen molar-refractivity contribution in [1.82, 2.24) is 14.8 Å². The van der Waals surface area contributed by atoms with E-state index in [9.17, 15) is 5.11 Å². The van der Waals surface area contributed by atoms with Crippen molar-refractivity contribution in [3.8, 4) is 11.4 Å². The Bertz CT molecular complexity index is 1040. The maximum atomic E-state index is 10.4. The summed E-state index contributed by atoms with van der Waals surface area (Å²) in [5, 5.41) is 16.9. The summed E-state index contributed by atoms with van der Waals surface area (Å²) in [6.07, 6.45) is 3.23. The van der Waals surface area contributed by atoms with Crippen molar-refractivity contribution in [2.24, 2.45) is 0 Å². The van der Waals surface area contributed by atoms with Crippen LogP contribution in [-0.4, -0.2) is 26.9 Å². The Balaban J connectivity index is 1.56. The van der Waals surface area contributed by atoms with Crippen LogP contribution in [0.3, 0.4) is 0 Å². The molecule has 2 atom stereocenters. The van der Waals surface area contributed by atoms with Gasteiger partial charge in [0.05, 0.1) is 18.3 Å². The van der Waals surface area contributed by atoms with Crippen LogP contribution in [-0.2, 0) is 6.54 Å². The Labute approximate surface area is 158 Å². The van der Waals surface area contributed by atoms with E-state index in [1.165, 1.54) is 16.8 Å². The topological polar surface area (TPSA) is 55.4 Å². The Morgan fingerprint density at radius 1 is 1.04 bits per heavy atom. The molecule has 3 aromatic carbocycles. The van der Waals surface area contributed by atoms with Gasteiger partial charge in [0, 0.05) is 5.56 Å². The molecule has 0 saturated heterocycles. The van der Waals surface area contributed by atoms with Gasteiger partial charge >= 0.3 is 0 Å². The normalized spacial score (nSPS) is 13.6. The highest BCUT2D eigenvalue weighted by atomic mass is 16.3. The van der Waals surface area contributed by atoms with Gasteiger partial charge in [0.25, 0.3) is 0 Å². The minimum Gasteiger partial charge on any atom is -0.507 e. The molecular weight excluding hydrogens is 336 g/mol. The molecule has 0 aliphatic carbocycles. The van der Waals surface area contributed by atoms with Gasteiger partial charge in [-0.2, -0.15) is 5.10 Å². The molecule has 4 aromatic rings. The number of phenols is 1. The molecule has 1 aromatic heterocycles. The standard InChI is InChI=1S/C22H22N4O/c1-16(17-7-10-19(11-8-17)26-15-23-14-24-26)25(2)13-21-20-6-4-3-5-18(20)9-12-22(21)27/h3-12,14-16,27H,13H2,1-2H3/p+1/t16-/m1/s1. The zero-order valence-corrected chi connectivity index (χ0v) is 15.5. The lowest BCUT2D eigenvalue weighted by Crippen LogP contribution is -3.07. The average molecular weight is 359 g/mol. The highest BCUT2D eigenvalue weighted by Gasteiger charge is 2.19. The largest absolute Gasteiger partial charge is 0.507 e. The van der Waals surface area contributed by atoms with Crippen molar-refractivity contribution >= 4 is 10.8 Å². The monoisotopic (exact) mass is 359 g/mol. The van der Waals surface area contributed by atoms with Crippen LogP contribution in [0.1, 0.15) is 24.1 Å². The number of benzene rings is 3. The summed E-state index contributed by atoms with van der Waals surface area (Å²) in [6.45, 7) is 2.96. The van der Waals surface area contributed by atoms with Gasteiger partial charge in [-0.25, -0.2) is 9.67 Å². The summed E-state index contributed by atoms with van der Waals surface area (Å²) in [5.74, 6) is 0.363. The Hall–Kier alpha value is -3.18. The molecule has 0 fully saturated rings. The van der Waals surface area contributed by atoms with Gasteiger partial charge in [-0.15, -0.1) is 0 Å². The third-order valence-electron chi connectivity index (χ3n) is 5.29. The van der Waals surface area contributed by atoms with Crippen LogP contribution in [0.15, 0.2) is 73.3 Å². The second kappa shape index (κ2) is 7.21. The van der Waals surface area contributed by atoms with Crippen LogP contribution in [0.4, 0.5) is 0 Å². The number of aromatic nitrogens is 3. The summed E-state index contributed by atoms with van der Waals surface area (Å²) < 4.78 is 1.75. The van der Waals surface area contributed by atoms with E-state index in [-0.39, 0.29) is 6.04 Å². The van der Waals surface area contributed by atoms with Gasteiger partial charge in [-0.3, -0.25) is 0 Å². The number of hydrogen-bond acceptors (Lipinski definition) is 3. The van der Waals surface area contributed by atoms with Crippen molar-refractivity contribution in [3.63, 3.8) is 0 Å². The fourth-order valence-corrected chi connectivity index (χ4v) is 3.48. The van der Waals surface area contributed by atoms with E-state index in [2.05, 4.69) is 60.5 Å². The van der Waals surface area contributed by atoms with Gasteiger partial charge in [0.2, 0.25) is 0 Å². The first-order valence-corrected chi connectivity index (χ1v) is 9.10. The first-order valence-electron chi connectivity index (χ1n) is 9.10. The third kappa shape index (κ3) is 3.41. The SMILES string of the molecule is C[C@H](c1ccc(-n2cncn2)cc1)[NH+](C)Cc1c(O)ccc2ccccc12. The molecule has 0 aliphatic rings. The molecule has 0 aliphatic heterocycles. The highest BCUT2D eigenvalue weighted by Crippen LogP contribution is 2.26. The third-order valence-corrected chi connectivity index (χ3v) is 5.29. The molecule has 4 rings (SSSR count). The van der Waals surface area contributed by atoms with Crippen LogP contribution in [0.25, 0.3) is 16.5 Å². The summed E-state index contributed by atoms with van der Waals surface area (Å²) in [7, 11) is 2.16. The molecule has 0 spiro atoms. The zero-order chi connectivity index (χ0) is 18.8. The molecule has 0 amide bonds. The maximum Gasteiger partial charge on any atom is 0.138 e. The number of quaternary nitrogens is 1. The highest BCUT2D eigenvalue weighted by molar-refractivity contribution is 5.87. The quantitative estimate of drug-likeness (QED) is 0.576. The van der Waals surface area contributed by atoms with E-state index in [1.807, 2.05) is 18.2 Å². The number of phenolic OH excluding ortho intramolecular Hbond substituents is 1. The van der Waals surface area contributed by atoms with Gasteiger partial charge in [-0.05, 0) is 35.9 Å². The second-order valence-corrected chi connectivity index (χ2v) is 6.96. The van der Waals surface area contributed by atoms with Crippen LogP contribution in [0.2, 0.25) is 0 Å². The second-order valence-electron chi connectivity index (χ2n) is 6.96. The fourth-order valence-electron chi connectivity index (χ4n) is 3.48. The molecule has 0 radical (unpaired) electrons. The van der Waals surface area contributed by atoms with Crippen molar-refractivity contribution in [1.29, 1.82) is 0 Å². The van der Waals surface area contributed by atoms with E-state index in [1.54, 1.807) is 17.1 Å². The molecule has 5 heteroatoms. The van der Waals surface area contributed by atoms with Gasteiger partial charge < -0.3 is 10.0 Å². The zero-order valence-electron chi connectivity index (χ0n) is 15.5. The van der Waals surface area contributed by atoms with Crippen LogP contribution in [0, 0.1) is 0 Å². The predicted octanol–water partition coefficient (Wildman–Crippen LogP) is 2.90. The first-order chi connectivity index (χ1) is 13.1. The van der Waals surface area contributed by atoms with Gasteiger partial charge in [0.1, 0.15) is 31.0 Å². The first kappa shape index (κ1) is 17.2. The lowest BCUT2D eigenvalue weighted by Gasteiger charge is -2.23. The van der Waals surface area contributed by atoms with E-state index in [0.717, 1.165) is 28.6 Å². The smallest absolute Gasteiger partial charge is 0.138 e. The molecule has 27 heavy (non-hydrogen) atoms. The number of aromatic hydroxyl groups is 1. The van der Waals surface area contributed by atoms with E-state index in [4.69, 9.17) is 0 Å². The number of hydrogen-bond donors (Lipinski definition) is 2. The molecule has 2 N–H and O–H groups in total. The van der Waals surface area contributed by atoms with Gasteiger partial charge in [-0.1, -0.05) is 42.5 Å². The van der Waals surface area contributed by atoms with Gasteiger partial charge in [0.15, 0.2) is 0 Å². The molecule has 136 valence electrons. The minimum absolute atomic E-state index is 0.285. The minimum atomic E-state index is 0.285. The average Bonchev–Trinajstić information content (AvgIpc) is 3.24. The lowest BCUT2D eigenvalue weighted by atomic mass is 10.0. The van der Waals surface area contributed by atoms with Crippen molar-refractivity contribution < 1.29 is 10.0 Å². The van der Waals surface area contributed by atoms with E-state index < -0.39 is 0 Å². The predicted molar refractivity (Wildman–Crippen MR) is 106 cm³/mol. The molecule has 1 heterocycles. The molecule has 1 unspecified atom stereocenters. The molecular formula is C22H23N4O+. The number of nitrogens with zero attached hydrogens (tertiary/aromatic N) is 3. The Morgan fingerprint density at radius 3 is 2.56 bits per heavy atom. The summed E-state index contributed by atoms with van der Waals surface area (Å²) in [6, 6.07) is 20.6. The summed E-state index contributed by atoms with van der Waals surface area (Å²) in [5.41, 5.74) is 3.24. The van der Waals surface area contributed by atoms with Crippen molar-refractivity contribution in [2.45, 2.75) is 19.5 Å². The van der Waals surface area contributed by atoms with E-state index in [0.29, 0.717) is 5.75 Å². The maximum absolute atomic E-state index is 10.4. The summed E-state index contributed by atoms with van der Waals surface area (Å²) >= 11 is 0. The summed E-state index contributed by atoms with van der Waals surface area (Å²) in [4.78, 5) is 5.30. The number of fused-ring (bicyclic) bond motifs is 1. The van der Waals surface area contributed by atoms with Crippen molar-refractivity contribution in [3.05, 3.63) is 84.4 Å². The Morgan fingerprint density at radius 2 is 1.81 bits per heavy atom. The lowest BCUT2D eigenvalue weighted by molar-refractivity contribution is -0.923. The Kier molecular flexibility index (Phi) is 4.60. The van der Waals surface area contributed by atoms with Crippen molar-refractivity contribution in [2.75, 3.05) is 7.05 Å². The molecule has 0 bridgehead atoms. The van der Waals surface area contributed by atoms with E-state index >= 15 is 0 Å². The molecule has 5 nitrogen and oxygen atoms in total.